The fourth-order valence-corrected chi connectivity index (χ4v) is 2.56. The van der Waals surface area contributed by atoms with Crippen molar-refractivity contribution in [3.8, 4) is 0 Å². The van der Waals surface area contributed by atoms with Crippen molar-refractivity contribution in [2.45, 2.75) is 25.8 Å². The molecular weight excluding hydrogens is 256 g/mol. The predicted octanol–water partition coefficient (Wildman–Crippen LogP) is 0.908. The number of nitrogens with one attached hydrogen (secondary N) is 1. The maximum absolute atomic E-state index is 12.2. The number of benzene rings is 1. The third-order valence-electron chi connectivity index (χ3n) is 3.63. The highest BCUT2D eigenvalue weighted by Gasteiger charge is 2.14. The molecule has 0 spiro atoms. The third kappa shape index (κ3) is 2.34. The van der Waals surface area contributed by atoms with Crippen molar-refractivity contribution >= 4 is 5.78 Å². The molecule has 102 valence electrons. The summed E-state index contributed by atoms with van der Waals surface area (Å²) in [7, 11) is 0. The number of hydrogen-bond acceptors (Lipinski definition) is 3. The van der Waals surface area contributed by atoms with Gasteiger partial charge >= 0.3 is 5.69 Å². The molecule has 1 aliphatic rings. The molecule has 20 heavy (non-hydrogen) atoms. The summed E-state index contributed by atoms with van der Waals surface area (Å²) < 4.78 is 1.21. The Morgan fingerprint density at radius 2 is 1.95 bits per heavy atom. The van der Waals surface area contributed by atoms with Gasteiger partial charge in [-0.25, -0.2) is 4.79 Å². The molecule has 0 atom stereocenters. The van der Waals surface area contributed by atoms with Crippen LogP contribution in [0.15, 0.2) is 40.1 Å². The molecule has 0 bridgehead atoms. The molecule has 0 unspecified atom stereocenters. The second-order valence-corrected chi connectivity index (χ2v) is 5.00. The van der Waals surface area contributed by atoms with Crippen LogP contribution in [0.3, 0.4) is 0 Å². The number of ketones is 1. The van der Waals surface area contributed by atoms with Crippen molar-refractivity contribution < 1.29 is 4.79 Å². The highest BCUT2D eigenvalue weighted by atomic mass is 16.2. The Balaban J connectivity index is 1.86. The van der Waals surface area contributed by atoms with Crippen molar-refractivity contribution in [1.29, 1.82) is 0 Å². The van der Waals surface area contributed by atoms with Crippen LogP contribution in [0, 0.1) is 0 Å². The lowest BCUT2D eigenvalue weighted by molar-refractivity contribution is 0.0970. The summed E-state index contributed by atoms with van der Waals surface area (Å²) in [6, 6.07) is 6.95. The van der Waals surface area contributed by atoms with Crippen molar-refractivity contribution in [1.82, 2.24) is 9.55 Å². The van der Waals surface area contributed by atoms with E-state index in [1.807, 2.05) is 18.2 Å². The summed E-state index contributed by atoms with van der Waals surface area (Å²) in [4.78, 5) is 36.9. The zero-order chi connectivity index (χ0) is 14.1. The number of rotatable bonds is 3. The largest absolute Gasteiger partial charge is 0.328 e. The summed E-state index contributed by atoms with van der Waals surface area (Å²) in [5.41, 5.74) is 2.12. The quantitative estimate of drug-likeness (QED) is 0.843. The first-order chi connectivity index (χ1) is 9.63. The van der Waals surface area contributed by atoms with Crippen LogP contribution in [0.2, 0.25) is 0 Å². The number of carbonyl (C=O) groups excluding carboxylic acids is 1. The Kier molecular flexibility index (Phi) is 3.10. The molecule has 2 aromatic rings. The number of hydrogen-bond donors (Lipinski definition) is 1. The van der Waals surface area contributed by atoms with Crippen LogP contribution in [0.5, 0.6) is 0 Å². The monoisotopic (exact) mass is 270 g/mol. The van der Waals surface area contributed by atoms with Gasteiger partial charge in [0.05, 0.1) is 6.54 Å². The molecule has 3 rings (SSSR count). The Morgan fingerprint density at radius 3 is 2.75 bits per heavy atom. The molecule has 1 aliphatic carbocycles. The first-order valence-corrected chi connectivity index (χ1v) is 6.58. The molecule has 0 saturated heterocycles. The summed E-state index contributed by atoms with van der Waals surface area (Å²) in [6.45, 7) is -0.0611. The molecule has 0 fully saturated rings. The van der Waals surface area contributed by atoms with E-state index in [1.54, 1.807) is 0 Å². The van der Waals surface area contributed by atoms with Gasteiger partial charge in [0.2, 0.25) is 0 Å². The molecular formula is C15H14N2O3. The van der Waals surface area contributed by atoms with E-state index in [-0.39, 0.29) is 12.3 Å². The minimum Gasteiger partial charge on any atom is -0.293 e. The van der Waals surface area contributed by atoms with Crippen LogP contribution in [-0.2, 0) is 19.4 Å². The van der Waals surface area contributed by atoms with Gasteiger partial charge in [0, 0.05) is 17.8 Å². The highest BCUT2D eigenvalue weighted by molar-refractivity contribution is 5.96. The number of Topliss-reactive ketones (excluding diaryl/α,β-unsaturated/α-hetero) is 1. The van der Waals surface area contributed by atoms with Gasteiger partial charge in [-0.05, 0) is 36.5 Å². The minimum absolute atomic E-state index is 0.0611. The maximum Gasteiger partial charge on any atom is 0.328 e. The fourth-order valence-electron chi connectivity index (χ4n) is 2.56. The highest BCUT2D eigenvalue weighted by Crippen LogP contribution is 2.23. The van der Waals surface area contributed by atoms with Crippen LogP contribution in [-0.4, -0.2) is 15.3 Å². The van der Waals surface area contributed by atoms with Gasteiger partial charge in [-0.3, -0.25) is 19.1 Å². The Labute approximate surface area is 114 Å². The molecule has 5 nitrogen and oxygen atoms in total. The van der Waals surface area contributed by atoms with Crippen molar-refractivity contribution in [3.05, 3.63) is 68.0 Å². The van der Waals surface area contributed by atoms with E-state index >= 15 is 0 Å². The van der Waals surface area contributed by atoms with Crippen LogP contribution in [0.4, 0.5) is 0 Å². The molecule has 1 N–H and O–H groups in total. The summed E-state index contributed by atoms with van der Waals surface area (Å²) in [6.07, 6.45) is 4.55. The van der Waals surface area contributed by atoms with E-state index in [0.29, 0.717) is 5.56 Å². The van der Waals surface area contributed by atoms with Crippen molar-refractivity contribution in [2.24, 2.45) is 0 Å². The van der Waals surface area contributed by atoms with E-state index in [4.69, 9.17) is 0 Å². The fraction of sp³-hybridized carbons (Fsp3) is 0.267. The first-order valence-electron chi connectivity index (χ1n) is 6.58. The van der Waals surface area contributed by atoms with Crippen LogP contribution in [0.25, 0.3) is 0 Å². The number of H-pyrrole nitrogens is 1. The smallest absolute Gasteiger partial charge is 0.293 e. The number of aromatic nitrogens is 2. The molecule has 0 aliphatic heterocycles. The average Bonchev–Trinajstić information content (AvgIpc) is 2.89. The summed E-state index contributed by atoms with van der Waals surface area (Å²) >= 11 is 0. The molecule has 5 heteroatoms. The van der Waals surface area contributed by atoms with E-state index in [0.717, 1.165) is 19.3 Å². The van der Waals surface area contributed by atoms with Gasteiger partial charge in [-0.1, -0.05) is 12.1 Å². The van der Waals surface area contributed by atoms with Crippen molar-refractivity contribution in [2.75, 3.05) is 0 Å². The molecule has 1 aromatic carbocycles. The van der Waals surface area contributed by atoms with Gasteiger partial charge in [0.25, 0.3) is 5.56 Å². The van der Waals surface area contributed by atoms with Gasteiger partial charge < -0.3 is 0 Å². The molecule has 0 amide bonds. The van der Waals surface area contributed by atoms with Gasteiger partial charge in [-0.2, -0.15) is 0 Å². The number of nitrogens with zero attached hydrogens (tertiary/aromatic N) is 1. The molecule has 0 saturated carbocycles. The van der Waals surface area contributed by atoms with E-state index in [9.17, 15) is 14.4 Å². The van der Waals surface area contributed by atoms with Gasteiger partial charge in [0.15, 0.2) is 5.78 Å². The Hall–Kier alpha value is -2.43. The van der Waals surface area contributed by atoms with Gasteiger partial charge in [0.1, 0.15) is 0 Å². The lowest BCUT2D eigenvalue weighted by atomic mass is 10.0. The van der Waals surface area contributed by atoms with E-state index in [1.165, 1.54) is 28.0 Å². The lowest BCUT2D eigenvalue weighted by Crippen LogP contribution is -2.30. The number of fused-ring (bicyclic) bond motifs is 1. The SMILES string of the molecule is O=C(Cn1ccc(=O)[nH]c1=O)c1ccc2c(c1)CCC2. The standard InChI is InChI=1S/C15H14N2O3/c18-13(9-17-7-6-14(19)16-15(17)20)12-5-4-10-2-1-3-11(10)8-12/h4-8H,1-3,9H2,(H,16,19,20). The number of carbonyl (C=O) groups is 1. The van der Waals surface area contributed by atoms with Crippen molar-refractivity contribution in [3.63, 3.8) is 0 Å². The minimum atomic E-state index is -0.563. The zero-order valence-electron chi connectivity index (χ0n) is 10.9. The second kappa shape index (κ2) is 4.92. The first kappa shape index (κ1) is 12.6. The topological polar surface area (TPSA) is 71.9 Å². The van der Waals surface area contributed by atoms with Crippen LogP contribution >= 0.6 is 0 Å². The Morgan fingerprint density at radius 1 is 1.15 bits per heavy atom. The predicted molar refractivity (Wildman–Crippen MR) is 74.1 cm³/mol. The van der Waals surface area contributed by atoms with Crippen LogP contribution < -0.4 is 11.2 Å². The van der Waals surface area contributed by atoms with E-state index in [2.05, 4.69) is 4.98 Å². The molecule has 1 aromatic heterocycles. The normalized spacial score (nSPS) is 13.2. The van der Waals surface area contributed by atoms with Gasteiger partial charge in [-0.15, -0.1) is 0 Å². The maximum atomic E-state index is 12.2. The average molecular weight is 270 g/mol. The summed E-state index contributed by atoms with van der Waals surface area (Å²) in [5, 5.41) is 0. The molecule has 0 radical (unpaired) electrons. The Bertz CT molecular complexity index is 786. The van der Waals surface area contributed by atoms with Crippen LogP contribution in [0.1, 0.15) is 27.9 Å². The number of aromatic amines is 1. The lowest BCUT2D eigenvalue weighted by Gasteiger charge is -2.06. The van der Waals surface area contributed by atoms with E-state index < -0.39 is 11.2 Å². The second-order valence-electron chi connectivity index (χ2n) is 5.00. The third-order valence-corrected chi connectivity index (χ3v) is 3.63. The summed E-state index contributed by atoms with van der Waals surface area (Å²) in [5.74, 6) is -0.131. The molecule has 1 heterocycles. The zero-order valence-corrected chi connectivity index (χ0v) is 10.9. The number of aryl methyl sites for hydroxylation is 2.